The van der Waals surface area contributed by atoms with Crippen LogP contribution in [0.2, 0.25) is 0 Å². The van der Waals surface area contributed by atoms with Gasteiger partial charge in [-0.05, 0) is 24.8 Å². The summed E-state index contributed by atoms with van der Waals surface area (Å²) in [6, 6.07) is 6.10. The quantitative estimate of drug-likeness (QED) is 0.849. The molecule has 0 atom stereocenters. The molecule has 1 fully saturated rings. The van der Waals surface area contributed by atoms with Crippen molar-refractivity contribution in [2.45, 2.75) is 26.3 Å². The molecule has 6 heteroatoms. The van der Waals surface area contributed by atoms with Gasteiger partial charge in [0.15, 0.2) is 5.76 Å². The molecule has 0 aliphatic carbocycles. The van der Waals surface area contributed by atoms with E-state index in [-0.39, 0.29) is 5.91 Å². The second-order valence-electron chi connectivity index (χ2n) is 5.67. The molecule has 0 radical (unpaired) electrons. The highest BCUT2D eigenvalue weighted by Crippen LogP contribution is 2.14. The zero-order valence-electron chi connectivity index (χ0n) is 12.8. The van der Waals surface area contributed by atoms with Crippen molar-refractivity contribution in [2.24, 2.45) is 0 Å². The Bertz CT molecular complexity index is 601. The summed E-state index contributed by atoms with van der Waals surface area (Å²) in [5.41, 5.74) is 0.914. The number of nitrogens with zero attached hydrogens (tertiary/aromatic N) is 3. The number of amides is 1. The van der Waals surface area contributed by atoms with Crippen LogP contribution in [0.15, 0.2) is 28.1 Å². The van der Waals surface area contributed by atoms with Gasteiger partial charge in [-0.15, -0.1) is 11.3 Å². The van der Waals surface area contributed by atoms with E-state index in [0.29, 0.717) is 6.42 Å². The van der Waals surface area contributed by atoms with Gasteiger partial charge in [0.25, 0.3) is 0 Å². The molecule has 118 valence electrons. The fourth-order valence-electron chi connectivity index (χ4n) is 2.71. The van der Waals surface area contributed by atoms with Gasteiger partial charge in [-0.3, -0.25) is 9.69 Å². The van der Waals surface area contributed by atoms with Crippen molar-refractivity contribution >= 4 is 17.2 Å². The molecule has 0 bridgehead atoms. The van der Waals surface area contributed by atoms with Gasteiger partial charge in [-0.1, -0.05) is 11.2 Å². The van der Waals surface area contributed by atoms with Crippen molar-refractivity contribution < 1.29 is 9.32 Å². The summed E-state index contributed by atoms with van der Waals surface area (Å²) < 4.78 is 5.25. The Morgan fingerprint density at radius 3 is 2.82 bits per heavy atom. The lowest BCUT2D eigenvalue weighted by molar-refractivity contribution is -0.133. The van der Waals surface area contributed by atoms with Gasteiger partial charge in [0.05, 0.1) is 12.2 Å². The van der Waals surface area contributed by atoms with E-state index in [4.69, 9.17) is 4.52 Å². The summed E-state index contributed by atoms with van der Waals surface area (Å²) in [5.74, 6) is 1.17. The Morgan fingerprint density at radius 2 is 2.18 bits per heavy atom. The summed E-state index contributed by atoms with van der Waals surface area (Å²) in [4.78, 5) is 17.8. The summed E-state index contributed by atoms with van der Waals surface area (Å²) in [6.45, 7) is 6.09. The maximum Gasteiger partial charge on any atom is 0.223 e. The lowest BCUT2D eigenvalue weighted by atomic mass is 10.2. The highest BCUT2D eigenvalue weighted by Gasteiger charge is 2.21. The molecule has 1 amide bonds. The second-order valence-corrected chi connectivity index (χ2v) is 6.70. The normalized spacial score (nSPS) is 16.1. The first-order valence-electron chi connectivity index (χ1n) is 7.65. The molecular weight excluding hydrogens is 298 g/mol. The van der Waals surface area contributed by atoms with Crippen molar-refractivity contribution in [2.75, 3.05) is 26.2 Å². The van der Waals surface area contributed by atoms with E-state index < -0.39 is 0 Å². The van der Waals surface area contributed by atoms with Gasteiger partial charge >= 0.3 is 0 Å². The SMILES string of the molecule is Cc1cc(CN2CCN(C(=O)CCc3cccs3)CC2)on1. The predicted octanol–water partition coefficient (Wildman–Crippen LogP) is 2.32. The molecule has 5 nitrogen and oxygen atoms in total. The summed E-state index contributed by atoms with van der Waals surface area (Å²) >= 11 is 1.72. The molecule has 1 aliphatic rings. The van der Waals surface area contributed by atoms with E-state index in [1.54, 1.807) is 11.3 Å². The molecule has 2 aromatic rings. The third kappa shape index (κ3) is 3.96. The first-order chi connectivity index (χ1) is 10.7. The number of piperazine rings is 1. The van der Waals surface area contributed by atoms with Crippen molar-refractivity contribution in [1.29, 1.82) is 0 Å². The number of hydrogen-bond donors (Lipinski definition) is 0. The van der Waals surface area contributed by atoms with Crippen LogP contribution in [0.5, 0.6) is 0 Å². The zero-order valence-corrected chi connectivity index (χ0v) is 13.6. The highest BCUT2D eigenvalue weighted by molar-refractivity contribution is 7.09. The molecule has 0 aromatic carbocycles. The number of aryl methyl sites for hydroxylation is 2. The third-order valence-corrected chi connectivity index (χ3v) is 4.88. The van der Waals surface area contributed by atoms with E-state index in [1.165, 1.54) is 4.88 Å². The molecule has 3 rings (SSSR count). The number of aromatic nitrogens is 1. The van der Waals surface area contributed by atoms with Crippen LogP contribution in [0, 0.1) is 6.92 Å². The first-order valence-corrected chi connectivity index (χ1v) is 8.53. The molecule has 0 N–H and O–H groups in total. The van der Waals surface area contributed by atoms with Crippen LogP contribution in [0.25, 0.3) is 0 Å². The summed E-state index contributed by atoms with van der Waals surface area (Å²) in [5, 5.41) is 5.97. The molecule has 2 aromatic heterocycles. The molecular formula is C16H21N3O2S. The molecule has 1 saturated heterocycles. The Morgan fingerprint density at radius 1 is 1.36 bits per heavy atom. The second kappa shape index (κ2) is 7.07. The van der Waals surface area contributed by atoms with E-state index in [1.807, 2.05) is 24.0 Å². The molecule has 0 saturated carbocycles. The number of carbonyl (C=O) groups excluding carboxylic acids is 1. The van der Waals surface area contributed by atoms with Crippen molar-refractivity contribution in [3.63, 3.8) is 0 Å². The van der Waals surface area contributed by atoms with Gasteiger partial charge in [0, 0.05) is 43.5 Å². The van der Waals surface area contributed by atoms with Gasteiger partial charge in [0.2, 0.25) is 5.91 Å². The maximum absolute atomic E-state index is 12.2. The van der Waals surface area contributed by atoms with Crippen LogP contribution in [-0.2, 0) is 17.8 Å². The first kappa shape index (κ1) is 15.2. The van der Waals surface area contributed by atoms with Gasteiger partial charge in [0.1, 0.15) is 0 Å². The van der Waals surface area contributed by atoms with Crippen LogP contribution < -0.4 is 0 Å². The summed E-state index contributed by atoms with van der Waals surface area (Å²) in [6.07, 6.45) is 1.47. The minimum absolute atomic E-state index is 0.267. The van der Waals surface area contributed by atoms with Crippen LogP contribution in [-0.4, -0.2) is 47.0 Å². The number of carbonyl (C=O) groups is 1. The Labute approximate surface area is 134 Å². The molecule has 0 unspecified atom stereocenters. The maximum atomic E-state index is 12.2. The van der Waals surface area contributed by atoms with Crippen molar-refractivity contribution in [1.82, 2.24) is 15.0 Å². The number of rotatable bonds is 5. The molecule has 3 heterocycles. The zero-order chi connectivity index (χ0) is 15.4. The highest BCUT2D eigenvalue weighted by atomic mass is 32.1. The monoisotopic (exact) mass is 319 g/mol. The van der Waals surface area contributed by atoms with Crippen molar-refractivity contribution in [3.05, 3.63) is 39.9 Å². The lowest BCUT2D eigenvalue weighted by Crippen LogP contribution is -2.48. The van der Waals surface area contributed by atoms with E-state index >= 15 is 0 Å². The van der Waals surface area contributed by atoms with E-state index in [9.17, 15) is 4.79 Å². The number of thiophene rings is 1. The molecule has 1 aliphatic heterocycles. The van der Waals surface area contributed by atoms with E-state index in [2.05, 4.69) is 21.5 Å². The predicted molar refractivity (Wildman–Crippen MR) is 85.7 cm³/mol. The topological polar surface area (TPSA) is 49.6 Å². The minimum Gasteiger partial charge on any atom is -0.360 e. The lowest BCUT2D eigenvalue weighted by Gasteiger charge is -2.34. The Balaban J connectivity index is 1.42. The fraction of sp³-hybridized carbons (Fsp3) is 0.500. The van der Waals surface area contributed by atoms with Gasteiger partial charge in [-0.2, -0.15) is 0 Å². The van der Waals surface area contributed by atoms with Crippen LogP contribution in [0.1, 0.15) is 22.8 Å². The van der Waals surface area contributed by atoms with Crippen LogP contribution >= 0.6 is 11.3 Å². The smallest absolute Gasteiger partial charge is 0.223 e. The Kier molecular flexibility index (Phi) is 4.90. The minimum atomic E-state index is 0.267. The van der Waals surface area contributed by atoms with E-state index in [0.717, 1.165) is 50.6 Å². The average Bonchev–Trinajstić information content (AvgIpc) is 3.17. The molecule has 22 heavy (non-hydrogen) atoms. The standard InChI is InChI=1S/C16H21N3O2S/c1-13-11-14(21-17-13)12-18-6-8-19(9-7-18)16(20)5-4-15-3-2-10-22-15/h2-3,10-11H,4-9,12H2,1H3. The van der Waals surface area contributed by atoms with Gasteiger partial charge in [-0.25, -0.2) is 0 Å². The third-order valence-electron chi connectivity index (χ3n) is 3.95. The Hall–Kier alpha value is -1.66. The largest absolute Gasteiger partial charge is 0.360 e. The van der Waals surface area contributed by atoms with Gasteiger partial charge < -0.3 is 9.42 Å². The van der Waals surface area contributed by atoms with Crippen LogP contribution in [0.3, 0.4) is 0 Å². The molecule has 0 spiro atoms. The fourth-order valence-corrected chi connectivity index (χ4v) is 3.42. The number of hydrogen-bond acceptors (Lipinski definition) is 5. The van der Waals surface area contributed by atoms with Crippen molar-refractivity contribution in [3.8, 4) is 0 Å². The summed E-state index contributed by atoms with van der Waals surface area (Å²) in [7, 11) is 0. The average molecular weight is 319 g/mol. The van der Waals surface area contributed by atoms with Crippen LogP contribution in [0.4, 0.5) is 0 Å².